The molecule has 1 amide bonds. The molecule has 10 heteroatoms. The van der Waals surface area contributed by atoms with Crippen LogP contribution < -0.4 is 4.90 Å². The van der Waals surface area contributed by atoms with Crippen LogP contribution in [0.1, 0.15) is 70.6 Å². The van der Waals surface area contributed by atoms with E-state index in [0.717, 1.165) is 34.8 Å². The van der Waals surface area contributed by atoms with Gasteiger partial charge >= 0.3 is 5.97 Å². The molecule has 214 valence electrons. The maximum atomic E-state index is 14.2. The van der Waals surface area contributed by atoms with Gasteiger partial charge in [0.05, 0.1) is 29.1 Å². The van der Waals surface area contributed by atoms with Gasteiger partial charge in [-0.2, -0.15) is 9.57 Å². The molecule has 0 heterocycles. The molecule has 4 rings (SSSR count). The zero-order valence-corrected chi connectivity index (χ0v) is 23.8. The van der Waals surface area contributed by atoms with Gasteiger partial charge in [0, 0.05) is 12.7 Å². The lowest BCUT2D eigenvalue weighted by Crippen LogP contribution is -2.41. The Morgan fingerprint density at radius 3 is 2.24 bits per heavy atom. The third-order valence-electron chi connectivity index (χ3n) is 7.54. The van der Waals surface area contributed by atoms with Crippen molar-refractivity contribution in [2.75, 3.05) is 18.5 Å². The number of hydrogen-bond acceptors (Lipinski definition) is 5. The number of nitriles is 1. The predicted molar refractivity (Wildman–Crippen MR) is 153 cm³/mol. The van der Waals surface area contributed by atoms with Gasteiger partial charge in [0.2, 0.25) is 15.9 Å². The molecule has 3 aromatic rings. The third kappa shape index (κ3) is 6.81. The number of rotatable bonds is 9. The average molecular weight is 578 g/mol. The number of sulfonamides is 1. The summed E-state index contributed by atoms with van der Waals surface area (Å²) in [5.41, 5.74) is 2.15. The minimum Gasteiger partial charge on any atom is -0.478 e. The fourth-order valence-corrected chi connectivity index (χ4v) is 6.36. The van der Waals surface area contributed by atoms with Gasteiger partial charge in [-0.3, -0.25) is 4.79 Å². The summed E-state index contributed by atoms with van der Waals surface area (Å²) in [6, 6.07) is 17.6. The Kier molecular flexibility index (Phi) is 9.21. The van der Waals surface area contributed by atoms with Crippen molar-refractivity contribution >= 4 is 27.6 Å². The maximum absolute atomic E-state index is 14.2. The molecule has 41 heavy (non-hydrogen) atoms. The summed E-state index contributed by atoms with van der Waals surface area (Å²) in [6.07, 6.45) is 6.00. The second-order valence-electron chi connectivity index (χ2n) is 10.4. The van der Waals surface area contributed by atoms with E-state index in [2.05, 4.69) is 12.1 Å². The Bertz CT molecular complexity index is 1580. The van der Waals surface area contributed by atoms with Gasteiger partial charge in [-0.25, -0.2) is 17.6 Å². The smallest absolute Gasteiger partial charge is 0.335 e. The topological polar surface area (TPSA) is 119 Å². The molecule has 0 unspecified atom stereocenters. The fraction of sp³-hybridized carbons (Fsp3) is 0.323. The zero-order valence-electron chi connectivity index (χ0n) is 23.0. The van der Waals surface area contributed by atoms with E-state index in [0.29, 0.717) is 11.6 Å². The fourth-order valence-electron chi connectivity index (χ4n) is 5.13. The van der Waals surface area contributed by atoms with Crippen molar-refractivity contribution in [3.05, 3.63) is 94.3 Å². The molecule has 1 aliphatic carbocycles. The molecule has 1 aliphatic rings. The predicted octanol–water partition coefficient (Wildman–Crippen LogP) is 5.61. The van der Waals surface area contributed by atoms with E-state index < -0.39 is 39.8 Å². The van der Waals surface area contributed by atoms with E-state index in [4.69, 9.17) is 0 Å². The number of amides is 1. The largest absolute Gasteiger partial charge is 0.478 e. The van der Waals surface area contributed by atoms with Gasteiger partial charge in [0.1, 0.15) is 11.9 Å². The highest BCUT2D eigenvalue weighted by Gasteiger charge is 2.28. The monoisotopic (exact) mass is 577 g/mol. The normalized spacial score (nSPS) is 14.0. The van der Waals surface area contributed by atoms with Crippen molar-refractivity contribution in [3.8, 4) is 6.07 Å². The summed E-state index contributed by atoms with van der Waals surface area (Å²) >= 11 is 0. The van der Waals surface area contributed by atoms with Crippen molar-refractivity contribution in [2.24, 2.45) is 0 Å². The number of carbonyl (C=O) groups excluding carboxylic acids is 1. The molecule has 0 aliphatic heterocycles. The second-order valence-corrected chi connectivity index (χ2v) is 12.4. The lowest BCUT2D eigenvalue weighted by atomic mass is 9.84. The van der Waals surface area contributed by atoms with E-state index in [1.54, 1.807) is 6.07 Å². The highest BCUT2D eigenvalue weighted by molar-refractivity contribution is 7.89. The van der Waals surface area contributed by atoms with Crippen molar-refractivity contribution in [1.82, 2.24) is 4.31 Å². The molecule has 3 aromatic carbocycles. The summed E-state index contributed by atoms with van der Waals surface area (Å²) in [7, 11) is -3.00. The van der Waals surface area contributed by atoms with Crippen molar-refractivity contribution in [1.29, 1.82) is 5.26 Å². The first-order valence-corrected chi connectivity index (χ1v) is 14.8. The number of nitrogens with zero attached hydrogens (tertiary/aromatic N) is 3. The molecule has 8 nitrogen and oxygen atoms in total. The third-order valence-corrected chi connectivity index (χ3v) is 9.32. The number of carboxylic acid groups (broad SMARTS) is 1. The summed E-state index contributed by atoms with van der Waals surface area (Å²) in [6.45, 7) is 0.961. The van der Waals surface area contributed by atoms with Crippen LogP contribution in [0.25, 0.3) is 0 Å². The Labute approximate surface area is 239 Å². The molecule has 1 saturated carbocycles. The van der Waals surface area contributed by atoms with Crippen molar-refractivity contribution < 1.29 is 27.5 Å². The summed E-state index contributed by atoms with van der Waals surface area (Å²) < 4.78 is 41.6. The molecule has 0 radical (unpaired) electrons. The average Bonchev–Trinajstić information content (AvgIpc) is 2.97. The Morgan fingerprint density at radius 2 is 1.66 bits per heavy atom. The molecule has 1 fully saturated rings. The summed E-state index contributed by atoms with van der Waals surface area (Å²) in [4.78, 5) is 26.1. The van der Waals surface area contributed by atoms with Gasteiger partial charge in [0.25, 0.3) is 0 Å². The van der Waals surface area contributed by atoms with E-state index in [1.807, 2.05) is 12.1 Å². The lowest BCUT2D eigenvalue weighted by Gasteiger charge is -2.26. The number of anilines is 1. The lowest BCUT2D eigenvalue weighted by molar-refractivity contribution is -0.118. The number of likely N-dealkylation sites (N-methyl/N-ethyl adjacent to an activating group) is 1. The SMILES string of the molecule is Cc1cc(S(=O)(=O)N(C)CC(=O)N(Cc2ccc(C3CCCCC3)cc2)c2ccc(C(=O)O)cc2)cc(C#N)c1F. The Morgan fingerprint density at radius 1 is 1.02 bits per heavy atom. The highest BCUT2D eigenvalue weighted by atomic mass is 32.2. The van der Waals surface area contributed by atoms with Crippen LogP contribution in [-0.2, 0) is 21.4 Å². The standard InChI is InChI=1S/C31H32FN3O5S/c1-21-16-28(17-26(18-33)30(21)32)41(39,40)34(2)20-29(36)35(27-14-12-25(13-15-27)31(37)38)19-22-8-10-24(11-9-22)23-6-4-3-5-7-23/h8-17,23H,3-7,19-20H2,1-2H3,(H,37,38). The molecule has 1 N–H and O–H groups in total. The number of halogens is 1. The van der Waals surface area contributed by atoms with Gasteiger partial charge < -0.3 is 10.0 Å². The first kappa shape index (κ1) is 29.9. The zero-order chi connectivity index (χ0) is 29.7. The summed E-state index contributed by atoms with van der Waals surface area (Å²) in [5, 5.41) is 18.5. The highest BCUT2D eigenvalue weighted by Crippen LogP contribution is 2.33. The van der Waals surface area contributed by atoms with Crippen LogP contribution in [0.4, 0.5) is 10.1 Å². The van der Waals surface area contributed by atoms with Crippen LogP contribution >= 0.6 is 0 Å². The molecule has 0 spiro atoms. The van der Waals surface area contributed by atoms with Gasteiger partial charge in [-0.1, -0.05) is 43.5 Å². The minimum atomic E-state index is -4.24. The Balaban J connectivity index is 1.60. The number of carbonyl (C=O) groups is 2. The van der Waals surface area contributed by atoms with E-state index in [9.17, 15) is 32.8 Å². The molecule has 0 aromatic heterocycles. The van der Waals surface area contributed by atoms with Crippen LogP contribution in [-0.4, -0.2) is 43.3 Å². The number of benzene rings is 3. The van der Waals surface area contributed by atoms with Crippen LogP contribution in [0.3, 0.4) is 0 Å². The number of aryl methyl sites for hydroxylation is 1. The number of aromatic carboxylic acids is 1. The van der Waals surface area contributed by atoms with Crippen LogP contribution in [0.15, 0.2) is 65.6 Å². The van der Waals surface area contributed by atoms with Gasteiger partial charge in [0.15, 0.2) is 0 Å². The molecular weight excluding hydrogens is 545 g/mol. The molecule has 0 bridgehead atoms. The quantitative estimate of drug-likeness (QED) is 0.353. The molecule has 0 saturated heterocycles. The minimum absolute atomic E-state index is 0.000767. The first-order chi connectivity index (χ1) is 19.5. The van der Waals surface area contributed by atoms with Crippen molar-refractivity contribution in [2.45, 2.75) is 56.4 Å². The van der Waals surface area contributed by atoms with Crippen LogP contribution in [0, 0.1) is 24.1 Å². The summed E-state index contributed by atoms with van der Waals surface area (Å²) in [5.74, 6) is -1.93. The van der Waals surface area contributed by atoms with Crippen molar-refractivity contribution in [3.63, 3.8) is 0 Å². The number of carboxylic acids is 1. The van der Waals surface area contributed by atoms with Gasteiger partial charge in [-0.05, 0) is 78.8 Å². The molecular formula is C31H32FN3O5S. The first-order valence-electron chi connectivity index (χ1n) is 13.4. The van der Waals surface area contributed by atoms with Crippen LogP contribution in [0.2, 0.25) is 0 Å². The maximum Gasteiger partial charge on any atom is 0.335 e. The van der Waals surface area contributed by atoms with E-state index in [1.165, 1.54) is 68.0 Å². The second kappa shape index (κ2) is 12.6. The molecule has 0 atom stereocenters. The van der Waals surface area contributed by atoms with E-state index in [-0.39, 0.29) is 22.6 Å². The number of hydrogen-bond donors (Lipinski definition) is 1. The van der Waals surface area contributed by atoms with Gasteiger partial charge in [-0.15, -0.1) is 0 Å². The Hall–Kier alpha value is -4.07. The van der Waals surface area contributed by atoms with E-state index >= 15 is 0 Å². The van der Waals surface area contributed by atoms with Crippen LogP contribution in [0.5, 0.6) is 0 Å².